The van der Waals surface area contributed by atoms with Gasteiger partial charge in [-0.05, 0) is 36.1 Å². The summed E-state index contributed by atoms with van der Waals surface area (Å²) in [7, 11) is 0. The second-order valence-electron chi connectivity index (χ2n) is 4.79. The van der Waals surface area contributed by atoms with Crippen molar-refractivity contribution in [2.45, 2.75) is 25.3 Å². The fraction of sp³-hybridized carbons (Fsp3) is 0.250. The minimum Gasteiger partial charge on any atom is -0.321 e. The molecule has 0 aromatic heterocycles. The third kappa shape index (κ3) is 3.14. The first-order valence-corrected chi connectivity index (χ1v) is 6.71. The number of hydrogen-bond donors (Lipinski definition) is 1. The van der Waals surface area contributed by atoms with Crippen LogP contribution in [0.2, 0.25) is 5.02 Å². The lowest BCUT2D eigenvalue weighted by molar-refractivity contribution is 0.424. The molecule has 3 heteroatoms. The van der Waals surface area contributed by atoms with Gasteiger partial charge in [-0.1, -0.05) is 54.9 Å². The lowest BCUT2D eigenvalue weighted by Crippen LogP contribution is -2.38. The summed E-state index contributed by atoms with van der Waals surface area (Å²) in [5, 5.41) is 0.430. The maximum absolute atomic E-state index is 13.1. The van der Waals surface area contributed by atoms with E-state index in [0.29, 0.717) is 11.4 Å². The van der Waals surface area contributed by atoms with E-state index < -0.39 is 5.54 Å². The maximum Gasteiger partial charge on any atom is 0.124 e. The number of halogens is 2. The second kappa shape index (κ2) is 5.72. The summed E-state index contributed by atoms with van der Waals surface area (Å²) in [5.41, 5.74) is 7.96. The highest BCUT2D eigenvalue weighted by atomic mass is 35.5. The summed E-state index contributed by atoms with van der Waals surface area (Å²) in [6.45, 7) is 2.05. The van der Waals surface area contributed by atoms with Gasteiger partial charge in [0.05, 0.1) is 0 Å². The highest BCUT2D eigenvalue weighted by Gasteiger charge is 2.26. The predicted molar refractivity (Wildman–Crippen MR) is 77.7 cm³/mol. The van der Waals surface area contributed by atoms with E-state index in [1.165, 1.54) is 12.1 Å². The first-order valence-electron chi connectivity index (χ1n) is 6.33. The molecule has 0 saturated heterocycles. The van der Waals surface area contributed by atoms with Crippen LogP contribution >= 0.6 is 11.6 Å². The van der Waals surface area contributed by atoms with E-state index in [2.05, 4.69) is 0 Å². The molecule has 0 spiro atoms. The Labute approximate surface area is 118 Å². The number of rotatable bonds is 4. The largest absolute Gasteiger partial charge is 0.321 e. The summed E-state index contributed by atoms with van der Waals surface area (Å²) in [5.74, 6) is -0.326. The molecule has 1 atom stereocenters. The molecule has 0 aliphatic heterocycles. The molecule has 19 heavy (non-hydrogen) atoms. The quantitative estimate of drug-likeness (QED) is 0.887. The van der Waals surface area contributed by atoms with E-state index in [4.69, 9.17) is 17.3 Å². The van der Waals surface area contributed by atoms with E-state index >= 15 is 0 Å². The van der Waals surface area contributed by atoms with Crippen molar-refractivity contribution in [3.63, 3.8) is 0 Å². The molecule has 2 aromatic carbocycles. The minimum absolute atomic E-state index is 0.326. The fourth-order valence-corrected chi connectivity index (χ4v) is 2.44. The molecule has 0 aliphatic carbocycles. The van der Waals surface area contributed by atoms with Crippen LogP contribution in [0.4, 0.5) is 4.39 Å². The van der Waals surface area contributed by atoms with Crippen molar-refractivity contribution in [1.29, 1.82) is 0 Å². The van der Waals surface area contributed by atoms with Crippen LogP contribution in [-0.4, -0.2) is 0 Å². The van der Waals surface area contributed by atoms with Crippen molar-refractivity contribution in [2.24, 2.45) is 5.73 Å². The van der Waals surface area contributed by atoms with Crippen LogP contribution in [-0.2, 0) is 12.0 Å². The Bertz CT molecular complexity index is 556. The predicted octanol–water partition coefficient (Wildman–Crippen LogP) is 4.29. The third-order valence-electron chi connectivity index (χ3n) is 3.50. The molecule has 100 valence electrons. The summed E-state index contributed by atoms with van der Waals surface area (Å²) in [4.78, 5) is 0. The molecule has 0 fully saturated rings. The fourth-order valence-electron chi connectivity index (χ4n) is 2.21. The highest BCUT2D eigenvalue weighted by Crippen LogP contribution is 2.29. The van der Waals surface area contributed by atoms with Crippen molar-refractivity contribution >= 4 is 11.6 Å². The minimum atomic E-state index is -0.483. The Kier molecular flexibility index (Phi) is 4.23. The number of benzene rings is 2. The Hall–Kier alpha value is -1.38. The molecule has 2 aromatic rings. The van der Waals surface area contributed by atoms with Gasteiger partial charge in [0.25, 0.3) is 0 Å². The molecule has 0 saturated carbocycles. The number of hydrogen-bond acceptors (Lipinski definition) is 1. The van der Waals surface area contributed by atoms with E-state index in [9.17, 15) is 4.39 Å². The highest BCUT2D eigenvalue weighted by molar-refractivity contribution is 6.31. The molecule has 0 aliphatic rings. The van der Waals surface area contributed by atoms with Gasteiger partial charge in [-0.3, -0.25) is 0 Å². The third-order valence-corrected chi connectivity index (χ3v) is 3.85. The Morgan fingerprint density at radius 1 is 1.16 bits per heavy atom. The van der Waals surface area contributed by atoms with Crippen molar-refractivity contribution in [3.05, 3.63) is 70.5 Å². The van der Waals surface area contributed by atoms with Gasteiger partial charge in [0.2, 0.25) is 0 Å². The summed E-state index contributed by atoms with van der Waals surface area (Å²) in [6.07, 6.45) is 1.37. The van der Waals surface area contributed by atoms with Gasteiger partial charge in [0, 0.05) is 10.6 Å². The normalized spacial score (nSPS) is 14.1. The first kappa shape index (κ1) is 14.0. The standard InChI is InChI=1S/C16H17ClFN/c1-2-16(19,13-6-4-3-5-7-13)11-12-8-9-14(18)10-15(12)17/h3-10H,2,11,19H2,1H3. The van der Waals surface area contributed by atoms with Crippen molar-refractivity contribution < 1.29 is 4.39 Å². The molecule has 2 N–H and O–H groups in total. The molecule has 1 nitrogen and oxygen atoms in total. The van der Waals surface area contributed by atoms with Gasteiger partial charge in [0.15, 0.2) is 0 Å². The van der Waals surface area contributed by atoms with Gasteiger partial charge >= 0.3 is 0 Å². The van der Waals surface area contributed by atoms with Crippen LogP contribution in [0.3, 0.4) is 0 Å². The topological polar surface area (TPSA) is 26.0 Å². The van der Waals surface area contributed by atoms with E-state index in [0.717, 1.165) is 17.5 Å². The molecular weight excluding hydrogens is 261 g/mol. The zero-order valence-corrected chi connectivity index (χ0v) is 11.6. The summed E-state index contributed by atoms with van der Waals surface area (Å²) >= 11 is 6.08. The second-order valence-corrected chi connectivity index (χ2v) is 5.20. The van der Waals surface area contributed by atoms with Crippen molar-refractivity contribution in [2.75, 3.05) is 0 Å². The average molecular weight is 278 g/mol. The monoisotopic (exact) mass is 277 g/mol. The first-order chi connectivity index (χ1) is 9.05. The van der Waals surface area contributed by atoms with Gasteiger partial charge in [-0.2, -0.15) is 0 Å². The zero-order valence-electron chi connectivity index (χ0n) is 10.9. The van der Waals surface area contributed by atoms with Crippen LogP contribution in [0, 0.1) is 5.82 Å². The van der Waals surface area contributed by atoms with Crippen LogP contribution in [0.15, 0.2) is 48.5 Å². The van der Waals surface area contributed by atoms with Gasteiger partial charge in [-0.25, -0.2) is 4.39 Å². The molecule has 0 heterocycles. The van der Waals surface area contributed by atoms with E-state index in [-0.39, 0.29) is 5.82 Å². The van der Waals surface area contributed by atoms with Gasteiger partial charge in [-0.15, -0.1) is 0 Å². The lowest BCUT2D eigenvalue weighted by Gasteiger charge is -2.29. The van der Waals surface area contributed by atoms with Gasteiger partial charge < -0.3 is 5.73 Å². The molecular formula is C16H17ClFN. The molecule has 0 radical (unpaired) electrons. The van der Waals surface area contributed by atoms with Crippen LogP contribution in [0.1, 0.15) is 24.5 Å². The smallest absolute Gasteiger partial charge is 0.124 e. The van der Waals surface area contributed by atoms with Crippen LogP contribution in [0.25, 0.3) is 0 Å². The lowest BCUT2D eigenvalue weighted by atomic mass is 9.82. The summed E-state index contributed by atoms with van der Waals surface area (Å²) in [6, 6.07) is 14.4. The van der Waals surface area contributed by atoms with Crippen LogP contribution < -0.4 is 5.73 Å². The molecule has 1 unspecified atom stereocenters. The Morgan fingerprint density at radius 2 is 1.84 bits per heavy atom. The zero-order chi connectivity index (χ0) is 13.9. The molecule has 2 rings (SSSR count). The van der Waals surface area contributed by atoms with E-state index in [1.807, 2.05) is 37.3 Å². The molecule has 0 bridgehead atoms. The Morgan fingerprint density at radius 3 is 2.42 bits per heavy atom. The number of nitrogens with two attached hydrogens (primary N) is 1. The van der Waals surface area contributed by atoms with Gasteiger partial charge in [0.1, 0.15) is 5.82 Å². The Balaban J connectivity index is 2.33. The molecule has 0 amide bonds. The van der Waals surface area contributed by atoms with Crippen molar-refractivity contribution in [1.82, 2.24) is 0 Å². The van der Waals surface area contributed by atoms with Crippen molar-refractivity contribution in [3.8, 4) is 0 Å². The summed E-state index contributed by atoms with van der Waals surface area (Å²) < 4.78 is 13.1. The van der Waals surface area contributed by atoms with E-state index in [1.54, 1.807) is 6.07 Å². The SMILES string of the molecule is CCC(N)(Cc1ccc(F)cc1Cl)c1ccccc1. The maximum atomic E-state index is 13.1. The van der Waals surface area contributed by atoms with Crippen LogP contribution in [0.5, 0.6) is 0 Å². The average Bonchev–Trinajstić information content (AvgIpc) is 2.43.